The van der Waals surface area contributed by atoms with Crippen LogP contribution >= 0.6 is 0 Å². The quantitative estimate of drug-likeness (QED) is 0.790. The van der Waals surface area contributed by atoms with Crippen LogP contribution in [0.1, 0.15) is 32.3 Å². The van der Waals surface area contributed by atoms with Crippen LogP contribution in [0.4, 0.5) is 5.69 Å². The van der Waals surface area contributed by atoms with Crippen LogP contribution < -0.4 is 5.73 Å². The van der Waals surface area contributed by atoms with E-state index in [9.17, 15) is 0 Å². The molecule has 2 N–H and O–H groups in total. The predicted octanol–water partition coefficient (Wildman–Crippen LogP) is 4.04. The van der Waals surface area contributed by atoms with Gasteiger partial charge in [0.15, 0.2) is 0 Å². The summed E-state index contributed by atoms with van der Waals surface area (Å²) in [5.41, 5.74) is 8.36. The minimum atomic E-state index is 0.913. The van der Waals surface area contributed by atoms with E-state index in [4.69, 9.17) is 5.73 Å². The van der Waals surface area contributed by atoms with Gasteiger partial charge in [-0.2, -0.15) is 0 Å². The van der Waals surface area contributed by atoms with Gasteiger partial charge in [-0.05, 0) is 54.4 Å². The second-order valence-electron chi connectivity index (χ2n) is 5.17. The number of nitrogen functional groups attached to an aromatic ring is 1. The van der Waals surface area contributed by atoms with Crippen LogP contribution in [0.2, 0.25) is 0 Å². The molecule has 0 aliphatic heterocycles. The largest absolute Gasteiger partial charge is 0.398 e. The first-order valence-corrected chi connectivity index (χ1v) is 7.24. The maximum absolute atomic E-state index is 6.20. The molecule has 2 aromatic rings. The topological polar surface area (TPSA) is 29.3 Å². The highest BCUT2D eigenvalue weighted by Gasteiger charge is 2.07. The lowest BCUT2D eigenvalue weighted by Crippen LogP contribution is -2.25. The molecule has 0 atom stereocenters. The van der Waals surface area contributed by atoms with Gasteiger partial charge in [-0.1, -0.05) is 38.1 Å². The number of benzene rings is 2. The predicted molar refractivity (Wildman–Crippen MR) is 84.2 cm³/mol. The van der Waals surface area contributed by atoms with Gasteiger partial charge in [0.25, 0.3) is 0 Å². The van der Waals surface area contributed by atoms with E-state index in [2.05, 4.69) is 55.1 Å². The first-order valence-electron chi connectivity index (χ1n) is 7.24. The summed E-state index contributed by atoms with van der Waals surface area (Å²) < 4.78 is 0. The molecule has 0 amide bonds. The molecule has 0 unspecified atom stereocenters. The average molecular weight is 256 g/mol. The molecule has 2 nitrogen and oxygen atoms in total. The zero-order valence-corrected chi connectivity index (χ0v) is 12.0. The minimum absolute atomic E-state index is 0.913. The van der Waals surface area contributed by atoms with Gasteiger partial charge in [0.05, 0.1) is 0 Å². The SMILES string of the molecule is CCCN(CCC)Cc1cc2ccccc2cc1N. The Bertz CT molecular complexity index is 528. The number of hydrogen-bond donors (Lipinski definition) is 1. The second kappa shape index (κ2) is 6.58. The minimum Gasteiger partial charge on any atom is -0.398 e. The fourth-order valence-corrected chi connectivity index (χ4v) is 2.59. The third-order valence-electron chi connectivity index (χ3n) is 3.48. The van der Waals surface area contributed by atoms with E-state index in [1.54, 1.807) is 0 Å². The van der Waals surface area contributed by atoms with Crippen LogP contribution in [0.3, 0.4) is 0 Å². The average Bonchev–Trinajstić information content (AvgIpc) is 2.40. The summed E-state index contributed by atoms with van der Waals surface area (Å²) in [6, 6.07) is 12.7. The third-order valence-corrected chi connectivity index (χ3v) is 3.48. The summed E-state index contributed by atoms with van der Waals surface area (Å²) >= 11 is 0. The normalized spacial score (nSPS) is 11.3. The highest BCUT2D eigenvalue weighted by Crippen LogP contribution is 2.23. The smallest absolute Gasteiger partial charge is 0.0366 e. The summed E-state index contributed by atoms with van der Waals surface area (Å²) in [6.07, 6.45) is 2.38. The lowest BCUT2D eigenvalue weighted by Gasteiger charge is -2.22. The Balaban J connectivity index is 2.25. The van der Waals surface area contributed by atoms with E-state index in [1.165, 1.54) is 29.2 Å². The molecule has 0 aliphatic rings. The lowest BCUT2D eigenvalue weighted by molar-refractivity contribution is 0.267. The maximum atomic E-state index is 6.20. The van der Waals surface area contributed by atoms with Crippen molar-refractivity contribution < 1.29 is 0 Å². The van der Waals surface area contributed by atoms with Crippen molar-refractivity contribution in [1.29, 1.82) is 0 Å². The Morgan fingerprint density at radius 1 is 0.947 bits per heavy atom. The first kappa shape index (κ1) is 13.9. The molecule has 2 aromatic carbocycles. The first-order chi connectivity index (χ1) is 9.24. The molecule has 0 heterocycles. The zero-order valence-electron chi connectivity index (χ0n) is 12.0. The Labute approximate surface area is 116 Å². The van der Waals surface area contributed by atoms with Gasteiger partial charge in [-0.3, -0.25) is 4.90 Å². The lowest BCUT2D eigenvalue weighted by atomic mass is 10.0. The molecule has 2 heteroatoms. The van der Waals surface area contributed by atoms with E-state index in [0.717, 1.165) is 25.3 Å². The van der Waals surface area contributed by atoms with Crippen LogP contribution in [0.25, 0.3) is 10.8 Å². The number of nitrogens with zero attached hydrogens (tertiary/aromatic N) is 1. The molecule has 0 radical (unpaired) electrons. The van der Waals surface area contributed by atoms with Gasteiger partial charge in [0.1, 0.15) is 0 Å². The standard InChI is InChI=1S/C17H24N2/c1-3-9-19(10-4-2)13-16-11-14-7-5-6-8-15(14)12-17(16)18/h5-8,11-12H,3-4,9-10,13,18H2,1-2H3. The van der Waals surface area contributed by atoms with Crippen molar-refractivity contribution in [1.82, 2.24) is 4.90 Å². The fraction of sp³-hybridized carbons (Fsp3) is 0.412. The summed E-state index contributed by atoms with van der Waals surface area (Å²) in [5.74, 6) is 0. The van der Waals surface area contributed by atoms with Crippen LogP contribution in [0.15, 0.2) is 36.4 Å². The Hall–Kier alpha value is -1.54. The number of fused-ring (bicyclic) bond motifs is 1. The molecule has 0 spiro atoms. The molecule has 102 valence electrons. The van der Waals surface area contributed by atoms with Crippen molar-refractivity contribution in [2.45, 2.75) is 33.2 Å². The van der Waals surface area contributed by atoms with E-state index in [0.29, 0.717) is 0 Å². The summed E-state index contributed by atoms with van der Waals surface area (Å²) in [5, 5.41) is 2.50. The van der Waals surface area contributed by atoms with Crippen molar-refractivity contribution in [3.63, 3.8) is 0 Å². The zero-order chi connectivity index (χ0) is 13.7. The fourth-order valence-electron chi connectivity index (χ4n) is 2.59. The van der Waals surface area contributed by atoms with E-state index in [-0.39, 0.29) is 0 Å². The molecular formula is C17H24N2. The Kier molecular flexibility index (Phi) is 4.80. The van der Waals surface area contributed by atoms with Crippen LogP contribution in [0.5, 0.6) is 0 Å². The van der Waals surface area contributed by atoms with Gasteiger partial charge in [-0.15, -0.1) is 0 Å². The monoisotopic (exact) mass is 256 g/mol. The van der Waals surface area contributed by atoms with Gasteiger partial charge in [0, 0.05) is 12.2 Å². The van der Waals surface area contributed by atoms with E-state index < -0.39 is 0 Å². The summed E-state index contributed by atoms with van der Waals surface area (Å²) in [7, 11) is 0. The molecule has 0 saturated heterocycles. The second-order valence-corrected chi connectivity index (χ2v) is 5.17. The van der Waals surface area contributed by atoms with Gasteiger partial charge in [-0.25, -0.2) is 0 Å². The van der Waals surface area contributed by atoms with Crippen molar-refractivity contribution >= 4 is 16.5 Å². The van der Waals surface area contributed by atoms with Crippen LogP contribution in [-0.2, 0) is 6.54 Å². The van der Waals surface area contributed by atoms with Gasteiger partial charge in [0.2, 0.25) is 0 Å². The molecular weight excluding hydrogens is 232 g/mol. The molecule has 0 saturated carbocycles. The van der Waals surface area contributed by atoms with Crippen molar-refractivity contribution in [3.05, 3.63) is 42.0 Å². The highest BCUT2D eigenvalue weighted by molar-refractivity contribution is 5.86. The number of rotatable bonds is 6. The Morgan fingerprint density at radius 2 is 1.53 bits per heavy atom. The van der Waals surface area contributed by atoms with Crippen LogP contribution in [-0.4, -0.2) is 18.0 Å². The third kappa shape index (κ3) is 3.48. The number of nitrogens with two attached hydrogens (primary N) is 1. The van der Waals surface area contributed by atoms with Gasteiger partial charge < -0.3 is 5.73 Å². The van der Waals surface area contributed by atoms with E-state index >= 15 is 0 Å². The summed E-state index contributed by atoms with van der Waals surface area (Å²) in [4.78, 5) is 2.49. The number of hydrogen-bond acceptors (Lipinski definition) is 2. The molecule has 19 heavy (non-hydrogen) atoms. The molecule has 0 bridgehead atoms. The number of anilines is 1. The molecule has 0 aliphatic carbocycles. The Morgan fingerprint density at radius 3 is 2.11 bits per heavy atom. The van der Waals surface area contributed by atoms with Crippen molar-refractivity contribution in [2.24, 2.45) is 0 Å². The molecule has 0 fully saturated rings. The van der Waals surface area contributed by atoms with E-state index in [1.807, 2.05) is 0 Å². The van der Waals surface area contributed by atoms with Crippen molar-refractivity contribution in [2.75, 3.05) is 18.8 Å². The molecule has 2 rings (SSSR count). The summed E-state index contributed by atoms with van der Waals surface area (Å²) in [6.45, 7) is 7.69. The van der Waals surface area contributed by atoms with Gasteiger partial charge >= 0.3 is 0 Å². The highest BCUT2D eigenvalue weighted by atomic mass is 15.1. The maximum Gasteiger partial charge on any atom is 0.0366 e. The van der Waals surface area contributed by atoms with Crippen molar-refractivity contribution in [3.8, 4) is 0 Å². The van der Waals surface area contributed by atoms with Crippen LogP contribution in [0, 0.1) is 0 Å². The molecule has 0 aromatic heterocycles.